The Morgan fingerprint density at radius 2 is 1.93 bits per heavy atom. The smallest absolute Gasteiger partial charge is 0.339 e. The first-order chi connectivity index (χ1) is 7.09. The second kappa shape index (κ2) is 3.28. The van der Waals surface area contributed by atoms with E-state index in [0.717, 1.165) is 10.9 Å². The Kier molecular flexibility index (Phi) is 2.08. The number of carboxylic acid groups (broad SMARTS) is 1. The van der Waals surface area contributed by atoms with Crippen molar-refractivity contribution in [3.63, 3.8) is 0 Å². The number of fused-ring (bicyclic) bond motifs is 1. The highest BCUT2D eigenvalue weighted by Crippen LogP contribution is 2.29. The SMILES string of the molecule is Cc1ccc2c(O)c(C(=O)O)ccc2c1. The maximum atomic E-state index is 10.8. The molecule has 0 aromatic heterocycles. The first-order valence-corrected chi connectivity index (χ1v) is 4.55. The van der Waals surface area contributed by atoms with Crippen LogP contribution in [0, 0.1) is 6.92 Å². The van der Waals surface area contributed by atoms with E-state index in [-0.39, 0.29) is 11.3 Å². The van der Waals surface area contributed by atoms with E-state index in [1.165, 1.54) is 6.07 Å². The third-order valence-corrected chi connectivity index (χ3v) is 2.38. The zero-order chi connectivity index (χ0) is 11.0. The molecule has 3 nitrogen and oxygen atoms in total. The molecule has 0 saturated carbocycles. The third kappa shape index (κ3) is 1.52. The van der Waals surface area contributed by atoms with E-state index in [0.29, 0.717) is 5.39 Å². The molecule has 15 heavy (non-hydrogen) atoms. The molecule has 0 amide bonds. The Morgan fingerprint density at radius 3 is 2.60 bits per heavy atom. The summed E-state index contributed by atoms with van der Waals surface area (Å²) in [4.78, 5) is 10.8. The fraction of sp³-hybridized carbons (Fsp3) is 0.0833. The predicted octanol–water partition coefficient (Wildman–Crippen LogP) is 2.55. The minimum absolute atomic E-state index is 0.0636. The number of aromatic hydroxyl groups is 1. The maximum absolute atomic E-state index is 10.8. The van der Waals surface area contributed by atoms with Gasteiger partial charge in [0.1, 0.15) is 11.3 Å². The highest BCUT2D eigenvalue weighted by molar-refractivity contribution is 6.00. The zero-order valence-electron chi connectivity index (χ0n) is 8.19. The summed E-state index contributed by atoms with van der Waals surface area (Å²) in [7, 11) is 0. The van der Waals surface area contributed by atoms with Crippen molar-refractivity contribution in [2.75, 3.05) is 0 Å². The molecule has 76 valence electrons. The van der Waals surface area contributed by atoms with Gasteiger partial charge in [-0.1, -0.05) is 29.8 Å². The average molecular weight is 202 g/mol. The molecule has 0 radical (unpaired) electrons. The highest BCUT2D eigenvalue weighted by Gasteiger charge is 2.11. The molecular weight excluding hydrogens is 192 g/mol. The van der Waals surface area contributed by atoms with Crippen molar-refractivity contribution >= 4 is 16.7 Å². The Labute approximate surface area is 86.6 Å². The summed E-state index contributed by atoms with van der Waals surface area (Å²) in [6.07, 6.45) is 0. The number of rotatable bonds is 1. The van der Waals surface area contributed by atoms with Gasteiger partial charge in [-0.05, 0) is 18.4 Å². The normalized spacial score (nSPS) is 10.5. The lowest BCUT2D eigenvalue weighted by Crippen LogP contribution is -1.96. The van der Waals surface area contributed by atoms with Crippen molar-refractivity contribution in [1.82, 2.24) is 0 Å². The molecule has 0 bridgehead atoms. The van der Waals surface area contributed by atoms with Crippen molar-refractivity contribution in [1.29, 1.82) is 0 Å². The summed E-state index contributed by atoms with van der Waals surface area (Å²) < 4.78 is 0. The minimum atomic E-state index is -1.12. The fourth-order valence-corrected chi connectivity index (χ4v) is 1.61. The van der Waals surface area contributed by atoms with Crippen LogP contribution in [0.4, 0.5) is 0 Å². The molecular formula is C12H10O3. The van der Waals surface area contributed by atoms with E-state index in [1.54, 1.807) is 12.1 Å². The van der Waals surface area contributed by atoms with Crippen molar-refractivity contribution in [3.05, 3.63) is 41.5 Å². The minimum Gasteiger partial charge on any atom is -0.506 e. The standard InChI is InChI=1S/C12H10O3/c1-7-2-4-9-8(6-7)3-5-10(11(9)13)12(14)15/h2-6,13H,1H3,(H,14,15). The molecule has 0 aliphatic heterocycles. The van der Waals surface area contributed by atoms with Crippen molar-refractivity contribution < 1.29 is 15.0 Å². The van der Waals surface area contributed by atoms with Crippen LogP contribution in [0.15, 0.2) is 30.3 Å². The van der Waals surface area contributed by atoms with Crippen LogP contribution in [-0.2, 0) is 0 Å². The molecule has 2 aromatic rings. The van der Waals surface area contributed by atoms with Gasteiger partial charge in [-0.15, -0.1) is 0 Å². The van der Waals surface area contributed by atoms with Crippen LogP contribution in [-0.4, -0.2) is 16.2 Å². The Hall–Kier alpha value is -2.03. The quantitative estimate of drug-likeness (QED) is 0.747. The second-order valence-electron chi connectivity index (χ2n) is 3.49. The molecule has 3 heteroatoms. The number of carboxylic acids is 1. The lowest BCUT2D eigenvalue weighted by Gasteiger charge is -2.05. The first-order valence-electron chi connectivity index (χ1n) is 4.55. The fourth-order valence-electron chi connectivity index (χ4n) is 1.61. The summed E-state index contributed by atoms with van der Waals surface area (Å²) in [5.41, 5.74) is 1.01. The van der Waals surface area contributed by atoms with E-state index in [1.807, 2.05) is 19.1 Å². The lowest BCUT2D eigenvalue weighted by atomic mass is 10.0. The van der Waals surface area contributed by atoms with Gasteiger partial charge in [0, 0.05) is 5.39 Å². The predicted molar refractivity (Wildman–Crippen MR) is 57.3 cm³/mol. The van der Waals surface area contributed by atoms with E-state index >= 15 is 0 Å². The van der Waals surface area contributed by atoms with Crippen LogP contribution in [0.1, 0.15) is 15.9 Å². The van der Waals surface area contributed by atoms with Crippen molar-refractivity contribution in [2.45, 2.75) is 6.92 Å². The highest BCUT2D eigenvalue weighted by atomic mass is 16.4. The van der Waals surface area contributed by atoms with Crippen LogP contribution in [0.2, 0.25) is 0 Å². The Bertz CT molecular complexity index is 544. The summed E-state index contributed by atoms with van der Waals surface area (Å²) >= 11 is 0. The van der Waals surface area contributed by atoms with Crippen LogP contribution >= 0.6 is 0 Å². The van der Waals surface area contributed by atoms with Gasteiger partial charge >= 0.3 is 5.97 Å². The van der Waals surface area contributed by atoms with Gasteiger partial charge in [-0.3, -0.25) is 0 Å². The summed E-state index contributed by atoms with van der Waals surface area (Å²) in [5, 5.41) is 20.0. The van der Waals surface area contributed by atoms with Crippen LogP contribution in [0.5, 0.6) is 5.75 Å². The van der Waals surface area contributed by atoms with Crippen molar-refractivity contribution in [2.24, 2.45) is 0 Å². The number of hydrogen-bond acceptors (Lipinski definition) is 2. The Morgan fingerprint density at radius 1 is 1.20 bits per heavy atom. The number of aryl methyl sites for hydroxylation is 1. The summed E-state index contributed by atoms with van der Waals surface area (Å²) in [6, 6.07) is 8.59. The van der Waals surface area contributed by atoms with Gasteiger partial charge in [-0.25, -0.2) is 4.79 Å². The summed E-state index contributed by atoms with van der Waals surface area (Å²) in [6.45, 7) is 1.95. The molecule has 2 aromatic carbocycles. The molecule has 0 unspecified atom stereocenters. The molecule has 0 atom stereocenters. The number of benzene rings is 2. The lowest BCUT2D eigenvalue weighted by molar-refractivity contribution is 0.0694. The van der Waals surface area contributed by atoms with Gasteiger partial charge in [0.05, 0.1) is 0 Å². The van der Waals surface area contributed by atoms with E-state index < -0.39 is 5.97 Å². The van der Waals surface area contributed by atoms with E-state index in [4.69, 9.17) is 5.11 Å². The van der Waals surface area contributed by atoms with Crippen LogP contribution < -0.4 is 0 Å². The van der Waals surface area contributed by atoms with Crippen LogP contribution in [0.3, 0.4) is 0 Å². The molecule has 0 aliphatic carbocycles. The van der Waals surface area contributed by atoms with Crippen LogP contribution in [0.25, 0.3) is 10.8 Å². The van der Waals surface area contributed by atoms with E-state index in [2.05, 4.69) is 0 Å². The molecule has 0 fully saturated rings. The molecule has 2 N–H and O–H groups in total. The molecule has 0 spiro atoms. The van der Waals surface area contributed by atoms with Gasteiger partial charge in [0.15, 0.2) is 0 Å². The number of phenols is 1. The van der Waals surface area contributed by atoms with Crippen molar-refractivity contribution in [3.8, 4) is 5.75 Å². The monoisotopic (exact) mass is 202 g/mol. The maximum Gasteiger partial charge on any atom is 0.339 e. The van der Waals surface area contributed by atoms with Gasteiger partial charge in [0.25, 0.3) is 0 Å². The zero-order valence-corrected chi connectivity index (χ0v) is 8.19. The molecule has 2 rings (SSSR count). The second-order valence-corrected chi connectivity index (χ2v) is 3.49. The molecule has 0 aliphatic rings. The Balaban J connectivity index is 2.80. The molecule has 0 saturated heterocycles. The number of aromatic carboxylic acids is 1. The van der Waals surface area contributed by atoms with Gasteiger partial charge in [-0.2, -0.15) is 0 Å². The van der Waals surface area contributed by atoms with Gasteiger partial charge < -0.3 is 10.2 Å². The third-order valence-electron chi connectivity index (χ3n) is 2.38. The van der Waals surface area contributed by atoms with Gasteiger partial charge in [0.2, 0.25) is 0 Å². The first kappa shape index (κ1) is 9.52. The average Bonchev–Trinajstić information content (AvgIpc) is 2.17. The number of carbonyl (C=O) groups is 1. The van der Waals surface area contributed by atoms with E-state index in [9.17, 15) is 9.90 Å². The number of hydrogen-bond donors (Lipinski definition) is 2. The largest absolute Gasteiger partial charge is 0.506 e. The summed E-state index contributed by atoms with van der Waals surface area (Å²) in [5.74, 6) is -1.28. The molecule has 0 heterocycles. The topological polar surface area (TPSA) is 57.5 Å².